The highest BCUT2D eigenvalue weighted by Crippen LogP contribution is 2.51. The van der Waals surface area contributed by atoms with E-state index >= 15 is 0 Å². The van der Waals surface area contributed by atoms with E-state index < -0.39 is 0 Å². The minimum atomic E-state index is -0.0252. The minimum Gasteiger partial charge on any atom is -0.310 e. The van der Waals surface area contributed by atoms with E-state index in [1.54, 1.807) is 0 Å². The van der Waals surface area contributed by atoms with Crippen LogP contribution in [0.4, 0.5) is 17.1 Å². The largest absolute Gasteiger partial charge is 0.310 e. The van der Waals surface area contributed by atoms with Crippen molar-refractivity contribution in [1.82, 2.24) is 0 Å². The Morgan fingerprint density at radius 3 is 1.38 bits per heavy atom. The zero-order valence-corrected chi connectivity index (χ0v) is 25.4. The fourth-order valence-electron chi connectivity index (χ4n) is 6.28. The van der Waals surface area contributed by atoms with E-state index in [2.05, 4.69) is 124 Å². The van der Waals surface area contributed by atoms with E-state index in [1.807, 2.05) is 0 Å². The van der Waals surface area contributed by atoms with Crippen LogP contribution in [0.1, 0.15) is 101 Å². The molecule has 1 nitrogen and oxygen atoms in total. The molecule has 0 N–H and O–H groups in total. The van der Waals surface area contributed by atoms with Gasteiger partial charge >= 0.3 is 0 Å². The molecule has 1 aliphatic rings. The molecule has 1 aliphatic carbocycles. The van der Waals surface area contributed by atoms with Crippen molar-refractivity contribution in [2.45, 2.75) is 97.8 Å². The van der Waals surface area contributed by atoms with Crippen LogP contribution in [0.15, 0.2) is 84.9 Å². The van der Waals surface area contributed by atoms with Crippen LogP contribution in [0.25, 0.3) is 11.1 Å². The Kier molecular flexibility index (Phi) is 8.79. The molecule has 0 atom stereocenters. The summed E-state index contributed by atoms with van der Waals surface area (Å²) in [6, 6.07) is 32.8. The third-order valence-corrected chi connectivity index (χ3v) is 8.83. The van der Waals surface area contributed by atoms with E-state index in [1.165, 1.54) is 94.5 Å². The van der Waals surface area contributed by atoms with Crippen LogP contribution < -0.4 is 4.90 Å². The van der Waals surface area contributed by atoms with E-state index in [0.29, 0.717) is 0 Å². The molecule has 0 aliphatic heterocycles. The highest BCUT2D eigenvalue weighted by atomic mass is 15.1. The van der Waals surface area contributed by atoms with Crippen LogP contribution in [-0.4, -0.2) is 0 Å². The Hall–Kier alpha value is -3.32. The highest BCUT2D eigenvalue weighted by Gasteiger charge is 2.36. The number of aryl methyl sites for hydroxylation is 3. The average Bonchev–Trinajstić information content (AvgIpc) is 3.21. The molecule has 0 spiro atoms. The molecule has 0 saturated carbocycles. The summed E-state index contributed by atoms with van der Waals surface area (Å²) in [5.74, 6) is 0. The van der Waals surface area contributed by atoms with E-state index in [0.717, 1.165) is 19.3 Å². The second-order valence-corrected chi connectivity index (χ2v) is 12.2. The smallest absolute Gasteiger partial charge is 0.0465 e. The van der Waals surface area contributed by atoms with Crippen molar-refractivity contribution < 1.29 is 0 Å². The van der Waals surface area contributed by atoms with Gasteiger partial charge in [0.2, 0.25) is 0 Å². The van der Waals surface area contributed by atoms with Crippen LogP contribution in [0, 0.1) is 0 Å². The predicted octanol–water partition coefficient (Wildman–Crippen LogP) is 11.5. The first kappa shape index (κ1) is 28.2. The lowest BCUT2D eigenvalue weighted by Gasteiger charge is -2.28. The Morgan fingerprint density at radius 1 is 0.475 bits per heavy atom. The van der Waals surface area contributed by atoms with Crippen LogP contribution in [0.5, 0.6) is 0 Å². The van der Waals surface area contributed by atoms with Gasteiger partial charge < -0.3 is 4.90 Å². The second kappa shape index (κ2) is 12.5. The molecule has 0 saturated heterocycles. The topological polar surface area (TPSA) is 3.24 Å². The van der Waals surface area contributed by atoms with Gasteiger partial charge in [0.15, 0.2) is 0 Å². The summed E-state index contributed by atoms with van der Waals surface area (Å²) >= 11 is 0. The van der Waals surface area contributed by atoms with Crippen molar-refractivity contribution in [3.05, 3.63) is 113 Å². The summed E-state index contributed by atoms with van der Waals surface area (Å²) in [6.45, 7) is 11.6. The summed E-state index contributed by atoms with van der Waals surface area (Å²) in [5.41, 5.74) is 13.6. The molecule has 40 heavy (non-hydrogen) atoms. The van der Waals surface area contributed by atoms with Crippen molar-refractivity contribution >= 4 is 17.1 Å². The molecule has 0 aromatic heterocycles. The number of rotatable bonds is 12. The zero-order valence-electron chi connectivity index (χ0n) is 25.4. The van der Waals surface area contributed by atoms with Gasteiger partial charge in [-0.15, -0.1) is 0 Å². The number of hydrogen-bond acceptors (Lipinski definition) is 1. The lowest BCUT2D eigenvalue weighted by molar-refractivity contribution is 0.658. The minimum absolute atomic E-state index is 0.0252. The van der Waals surface area contributed by atoms with Crippen LogP contribution >= 0.6 is 0 Å². The molecule has 0 heterocycles. The van der Waals surface area contributed by atoms with Crippen LogP contribution in [-0.2, 0) is 24.7 Å². The lowest BCUT2D eigenvalue weighted by atomic mass is 9.81. The second-order valence-electron chi connectivity index (χ2n) is 12.2. The maximum atomic E-state index is 2.48. The maximum Gasteiger partial charge on any atom is 0.0465 e. The number of benzene rings is 4. The zero-order chi connectivity index (χ0) is 28.1. The molecule has 0 unspecified atom stereocenters. The molecule has 4 aromatic rings. The normalized spacial score (nSPS) is 13.2. The van der Waals surface area contributed by atoms with Gasteiger partial charge in [-0.2, -0.15) is 0 Å². The first-order valence-electron chi connectivity index (χ1n) is 15.7. The van der Waals surface area contributed by atoms with Gasteiger partial charge in [-0.3, -0.25) is 0 Å². The summed E-state index contributed by atoms with van der Waals surface area (Å²) in [6.07, 6.45) is 10.9. The van der Waals surface area contributed by atoms with Gasteiger partial charge in [-0.05, 0) is 114 Å². The Morgan fingerprint density at radius 2 is 0.875 bits per heavy atom. The molecule has 0 radical (unpaired) electrons. The lowest BCUT2D eigenvalue weighted by Crippen LogP contribution is -2.17. The Labute approximate surface area is 243 Å². The summed E-state index contributed by atoms with van der Waals surface area (Å²) < 4.78 is 0. The first-order valence-corrected chi connectivity index (χ1v) is 15.7. The van der Waals surface area contributed by atoms with E-state index in [9.17, 15) is 0 Å². The SMILES string of the molecule is CCCCc1ccc(N(c2ccc(CCCC)cc2)c2ccc3c(c2)C(C)(C)c2cc(CCCC)ccc2-3)cc1. The molecule has 0 bridgehead atoms. The molecule has 4 aromatic carbocycles. The number of nitrogens with zero attached hydrogens (tertiary/aromatic N) is 1. The van der Waals surface area contributed by atoms with Crippen molar-refractivity contribution in [2.75, 3.05) is 4.90 Å². The van der Waals surface area contributed by atoms with E-state index in [4.69, 9.17) is 0 Å². The van der Waals surface area contributed by atoms with E-state index in [-0.39, 0.29) is 5.41 Å². The molecular weight excluding hydrogens is 482 g/mol. The molecular formula is C39H47N. The molecule has 0 fully saturated rings. The number of unbranched alkanes of at least 4 members (excludes halogenated alkanes) is 3. The molecule has 208 valence electrons. The third kappa shape index (κ3) is 5.75. The fourth-order valence-corrected chi connectivity index (χ4v) is 6.28. The van der Waals surface area contributed by atoms with Crippen LogP contribution in [0.2, 0.25) is 0 Å². The average molecular weight is 530 g/mol. The van der Waals surface area contributed by atoms with Crippen molar-refractivity contribution in [2.24, 2.45) is 0 Å². The molecule has 1 heteroatoms. The summed E-state index contributed by atoms with van der Waals surface area (Å²) in [5, 5.41) is 0. The highest BCUT2D eigenvalue weighted by molar-refractivity contribution is 5.85. The van der Waals surface area contributed by atoms with Gasteiger partial charge in [0.25, 0.3) is 0 Å². The number of hydrogen-bond donors (Lipinski definition) is 0. The Balaban J connectivity index is 1.55. The third-order valence-electron chi connectivity index (χ3n) is 8.83. The number of fused-ring (bicyclic) bond motifs is 3. The van der Waals surface area contributed by atoms with Crippen molar-refractivity contribution in [3.8, 4) is 11.1 Å². The monoisotopic (exact) mass is 529 g/mol. The predicted molar refractivity (Wildman–Crippen MR) is 175 cm³/mol. The fraction of sp³-hybridized carbons (Fsp3) is 0.385. The Bertz CT molecular complexity index is 1360. The van der Waals surface area contributed by atoms with Gasteiger partial charge in [-0.1, -0.05) is 102 Å². The van der Waals surface area contributed by atoms with Gasteiger partial charge in [0.1, 0.15) is 0 Å². The summed E-state index contributed by atoms with van der Waals surface area (Å²) in [7, 11) is 0. The standard InChI is InChI=1S/C39H47N/c1-6-9-12-29-15-20-32(21-16-29)40(33-22-17-30(18-23-33)13-10-7-2)34-24-26-36-35-25-19-31(14-11-8-3)27-37(35)39(4,5)38(36)28-34/h15-28H,6-14H2,1-5H3. The van der Waals surface area contributed by atoms with Crippen molar-refractivity contribution in [1.29, 1.82) is 0 Å². The summed E-state index contributed by atoms with van der Waals surface area (Å²) in [4.78, 5) is 2.44. The van der Waals surface area contributed by atoms with Crippen LogP contribution in [0.3, 0.4) is 0 Å². The first-order chi connectivity index (χ1) is 19.5. The molecule has 5 rings (SSSR count). The van der Waals surface area contributed by atoms with Gasteiger partial charge in [0, 0.05) is 22.5 Å². The quantitative estimate of drug-likeness (QED) is 0.176. The van der Waals surface area contributed by atoms with Gasteiger partial charge in [0.05, 0.1) is 0 Å². The molecule has 0 amide bonds. The maximum absolute atomic E-state index is 2.48. The van der Waals surface area contributed by atoms with Gasteiger partial charge in [-0.25, -0.2) is 0 Å². The number of anilines is 3. The van der Waals surface area contributed by atoms with Crippen molar-refractivity contribution in [3.63, 3.8) is 0 Å².